The molecule has 1 aromatic carbocycles. The van der Waals surface area contributed by atoms with E-state index in [0.717, 1.165) is 6.92 Å². The lowest BCUT2D eigenvalue weighted by Crippen LogP contribution is -2.56. The number of benzene rings is 1. The fourth-order valence-electron chi connectivity index (χ4n) is 3.63. The van der Waals surface area contributed by atoms with Gasteiger partial charge in [-0.3, -0.25) is 4.90 Å². The summed E-state index contributed by atoms with van der Waals surface area (Å²) < 4.78 is 28.3. The van der Waals surface area contributed by atoms with Gasteiger partial charge in [-0.2, -0.15) is 0 Å². The van der Waals surface area contributed by atoms with Gasteiger partial charge in [-0.05, 0) is 26.0 Å². The summed E-state index contributed by atoms with van der Waals surface area (Å²) in [7, 11) is 0. The molecule has 0 aliphatic carbocycles. The maximum absolute atomic E-state index is 14.0. The minimum atomic E-state index is -2.98. The van der Waals surface area contributed by atoms with Crippen molar-refractivity contribution in [2.75, 3.05) is 26.2 Å². The summed E-state index contributed by atoms with van der Waals surface area (Å²) in [5.41, 5.74) is 0.905. The van der Waals surface area contributed by atoms with Crippen molar-refractivity contribution in [1.29, 1.82) is 0 Å². The highest BCUT2D eigenvalue weighted by Gasteiger charge is 2.33. The van der Waals surface area contributed by atoms with Crippen LogP contribution in [0.1, 0.15) is 32.0 Å². The summed E-state index contributed by atoms with van der Waals surface area (Å²) in [6.45, 7) is 7.12. The normalized spacial score (nSPS) is 16.6. The lowest BCUT2D eigenvalue weighted by atomic mass is 9.92. The predicted octanol–water partition coefficient (Wildman–Crippen LogP) is 4.12. The Morgan fingerprint density at radius 3 is 2.39 bits per heavy atom. The quantitative estimate of drug-likeness (QED) is 0.748. The van der Waals surface area contributed by atoms with E-state index < -0.39 is 12.0 Å². The molecule has 1 aromatic heterocycles. The van der Waals surface area contributed by atoms with Crippen LogP contribution in [0.4, 0.5) is 13.6 Å². The minimum absolute atomic E-state index is 0.0936. The predicted molar refractivity (Wildman–Crippen MR) is 106 cm³/mol. The first-order valence-corrected chi connectivity index (χ1v) is 9.83. The van der Waals surface area contributed by atoms with Crippen molar-refractivity contribution < 1.29 is 18.7 Å². The van der Waals surface area contributed by atoms with Crippen LogP contribution >= 0.6 is 15.9 Å². The second-order valence-electron chi connectivity index (χ2n) is 7.80. The number of carboxylic acid groups (broad SMARTS) is 1. The molecule has 1 fully saturated rings. The third-order valence-corrected chi connectivity index (χ3v) is 5.94. The van der Waals surface area contributed by atoms with Gasteiger partial charge in [-0.1, -0.05) is 15.9 Å². The van der Waals surface area contributed by atoms with E-state index in [-0.39, 0.29) is 11.1 Å². The number of rotatable bonds is 4. The molecule has 1 saturated heterocycles. The van der Waals surface area contributed by atoms with Crippen LogP contribution in [0.5, 0.6) is 0 Å². The number of carbonyl (C=O) groups is 1. The van der Waals surface area contributed by atoms with Crippen LogP contribution in [0, 0.1) is 0 Å². The van der Waals surface area contributed by atoms with Crippen LogP contribution in [0.3, 0.4) is 0 Å². The molecular weight excluding hydrogens is 434 g/mol. The molecule has 6 nitrogen and oxygen atoms in total. The average Bonchev–Trinajstić information content (AvgIpc) is 2.60. The molecular formula is C19H23BrF2N4O2. The van der Waals surface area contributed by atoms with Crippen molar-refractivity contribution in [3.05, 3.63) is 34.2 Å². The summed E-state index contributed by atoms with van der Waals surface area (Å²) in [4.78, 5) is 23.3. The zero-order chi connectivity index (χ0) is 20.7. The Kier molecular flexibility index (Phi) is 5.60. The van der Waals surface area contributed by atoms with Crippen molar-refractivity contribution in [2.45, 2.75) is 38.7 Å². The molecule has 0 atom stereocenters. The van der Waals surface area contributed by atoms with Gasteiger partial charge in [-0.25, -0.2) is 23.5 Å². The van der Waals surface area contributed by atoms with Crippen molar-refractivity contribution in [1.82, 2.24) is 19.8 Å². The molecule has 1 amide bonds. The van der Waals surface area contributed by atoms with Gasteiger partial charge in [-0.15, -0.1) is 0 Å². The van der Waals surface area contributed by atoms with E-state index in [1.807, 2.05) is 0 Å². The average molecular weight is 457 g/mol. The summed E-state index contributed by atoms with van der Waals surface area (Å²) in [5.74, 6) is -2.98. The molecule has 152 valence electrons. The zero-order valence-corrected chi connectivity index (χ0v) is 17.6. The molecule has 0 radical (unpaired) electrons. The van der Waals surface area contributed by atoms with Gasteiger partial charge in [0.05, 0.1) is 11.2 Å². The number of fused-ring (bicyclic) bond motifs is 1. The number of halogens is 3. The second kappa shape index (κ2) is 7.51. The SMILES string of the molecule is CC(F)(F)c1cc2c(CC(C)(C)N3CCN(C(=O)O)CC3)ncnc2cc1Br. The van der Waals surface area contributed by atoms with Crippen LogP contribution in [-0.2, 0) is 12.3 Å². The lowest BCUT2D eigenvalue weighted by Gasteiger charge is -2.43. The molecule has 0 saturated carbocycles. The van der Waals surface area contributed by atoms with Gasteiger partial charge in [0.25, 0.3) is 5.92 Å². The molecule has 3 rings (SSSR count). The van der Waals surface area contributed by atoms with Crippen molar-refractivity contribution in [3.8, 4) is 0 Å². The smallest absolute Gasteiger partial charge is 0.407 e. The van der Waals surface area contributed by atoms with Gasteiger partial charge in [0.15, 0.2) is 0 Å². The van der Waals surface area contributed by atoms with Crippen LogP contribution in [0.15, 0.2) is 22.9 Å². The van der Waals surface area contributed by atoms with E-state index in [1.54, 1.807) is 6.07 Å². The zero-order valence-electron chi connectivity index (χ0n) is 16.0. The largest absolute Gasteiger partial charge is 0.465 e. The number of nitrogens with zero attached hydrogens (tertiary/aromatic N) is 4. The number of alkyl halides is 2. The number of piperazine rings is 1. The van der Waals surface area contributed by atoms with E-state index in [0.29, 0.717) is 53.7 Å². The van der Waals surface area contributed by atoms with Gasteiger partial charge in [0, 0.05) is 60.5 Å². The summed E-state index contributed by atoms with van der Waals surface area (Å²) in [6.07, 6.45) is 1.08. The summed E-state index contributed by atoms with van der Waals surface area (Å²) >= 11 is 3.22. The Bertz CT molecular complexity index is 893. The standard InChI is InChI=1S/C19H23BrF2N4O2/c1-18(2,26-6-4-25(5-7-26)17(27)28)10-16-12-8-13(19(3,21)22)14(20)9-15(12)23-11-24-16/h8-9,11H,4-7,10H2,1-3H3,(H,27,28). The molecule has 1 aliphatic heterocycles. The molecule has 1 N–H and O–H groups in total. The number of hydrogen-bond donors (Lipinski definition) is 1. The van der Waals surface area contributed by atoms with Crippen molar-refractivity contribution in [2.24, 2.45) is 0 Å². The van der Waals surface area contributed by atoms with Crippen molar-refractivity contribution in [3.63, 3.8) is 0 Å². The first-order valence-electron chi connectivity index (χ1n) is 9.03. The summed E-state index contributed by atoms with van der Waals surface area (Å²) in [5, 5.41) is 9.73. The molecule has 0 unspecified atom stereocenters. The first-order chi connectivity index (χ1) is 13.0. The van der Waals surface area contributed by atoms with Gasteiger partial charge >= 0.3 is 6.09 Å². The Morgan fingerprint density at radius 2 is 1.82 bits per heavy atom. The van der Waals surface area contributed by atoms with Gasteiger partial charge in [0.2, 0.25) is 0 Å². The first kappa shape index (κ1) is 20.9. The molecule has 0 spiro atoms. The molecule has 9 heteroatoms. The van der Waals surface area contributed by atoms with Crippen LogP contribution < -0.4 is 0 Å². The molecule has 2 aromatic rings. The fourth-order valence-corrected chi connectivity index (χ4v) is 4.31. The highest BCUT2D eigenvalue weighted by molar-refractivity contribution is 9.10. The van der Waals surface area contributed by atoms with E-state index in [2.05, 4.69) is 44.6 Å². The third-order valence-electron chi connectivity index (χ3n) is 5.29. The Balaban J connectivity index is 1.90. The Morgan fingerprint density at radius 1 is 1.18 bits per heavy atom. The van der Waals surface area contributed by atoms with E-state index in [1.165, 1.54) is 17.3 Å². The summed E-state index contributed by atoms with van der Waals surface area (Å²) in [6, 6.07) is 3.07. The third kappa shape index (κ3) is 4.25. The molecule has 2 heterocycles. The monoisotopic (exact) mass is 456 g/mol. The number of aromatic nitrogens is 2. The van der Waals surface area contributed by atoms with E-state index in [9.17, 15) is 13.6 Å². The van der Waals surface area contributed by atoms with E-state index >= 15 is 0 Å². The maximum atomic E-state index is 14.0. The maximum Gasteiger partial charge on any atom is 0.407 e. The molecule has 1 aliphatic rings. The molecule has 28 heavy (non-hydrogen) atoms. The Labute approximate surface area is 170 Å². The minimum Gasteiger partial charge on any atom is -0.465 e. The van der Waals surface area contributed by atoms with Crippen LogP contribution in [0.2, 0.25) is 0 Å². The van der Waals surface area contributed by atoms with Crippen molar-refractivity contribution >= 4 is 32.9 Å². The van der Waals surface area contributed by atoms with E-state index in [4.69, 9.17) is 5.11 Å². The topological polar surface area (TPSA) is 69.6 Å². The highest BCUT2D eigenvalue weighted by Crippen LogP contribution is 2.36. The fraction of sp³-hybridized carbons (Fsp3) is 0.526. The number of hydrogen-bond acceptors (Lipinski definition) is 4. The molecule has 0 bridgehead atoms. The van der Waals surface area contributed by atoms with Gasteiger partial charge in [0.1, 0.15) is 6.33 Å². The second-order valence-corrected chi connectivity index (χ2v) is 8.66. The van der Waals surface area contributed by atoms with Crippen LogP contribution in [-0.4, -0.2) is 62.7 Å². The highest BCUT2D eigenvalue weighted by atomic mass is 79.9. The van der Waals surface area contributed by atoms with Gasteiger partial charge < -0.3 is 10.0 Å². The number of amides is 1. The lowest BCUT2D eigenvalue weighted by molar-refractivity contribution is 0.0168. The van der Waals surface area contributed by atoms with Crippen LogP contribution in [0.25, 0.3) is 10.9 Å². The Hall–Kier alpha value is -1.87.